The Labute approximate surface area is 203 Å². The minimum atomic E-state index is -0.274. The lowest BCUT2D eigenvalue weighted by Crippen LogP contribution is -2.21. The summed E-state index contributed by atoms with van der Waals surface area (Å²) >= 11 is 3.33. The largest absolute Gasteiger partial charge is 0.507 e. The number of para-hydroxylation sites is 1. The van der Waals surface area contributed by atoms with Crippen molar-refractivity contribution >= 4 is 38.8 Å². The van der Waals surface area contributed by atoms with E-state index in [2.05, 4.69) is 54.6 Å². The van der Waals surface area contributed by atoms with Crippen LogP contribution >= 0.6 is 15.9 Å². The van der Waals surface area contributed by atoms with Crippen molar-refractivity contribution in [2.45, 2.75) is 45.6 Å². The fraction of sp³-hybridized carbons (Fsp3) is 0.318. The van der Waals surface area contributed by atoms with E-state index in [4.69, 9.17) is 10.7 Å². The molecular formula is C22H25BrN8O3. The van der Waals surface area contributed by atoms with Gasteiger partial charge in [0.1, 0.15) is 11.6 Å². The Balaban J connectivity index is 1.64. The second-order valence-corrected chi connectivity index (χ2v) is 8.51. The van der Waals surface area contributed by atoms with E-state index in [9.17, 15) is 9.90 Å². The molecule has 12 heteroatoms. The number of H-pyrrole nitrogens is 1. The van der Waals surface area contributed by atoms with Crippen molar-refractivity contribution in [2.75, 3.05) is 0 Å². The zero-order valence-corrected chi connectivity index (χ0v) is 20.2. The van der Waals surface area contributed by atoms with Crippen LogP contribution in [0.25, 0.3) is 16.9 Å². The van der Waals surface area contributed by atoms with Crippen LogP contribution in [0.3, 0.4) is 0 Å². The maximum atomic E-state index is 13.2. The molecule has 4 aromatic rings. The van der Waals surface area contributed by atoms with Gasteiger partial charge in [0, 0.05) is 18.7 Å². The first-order valence-electron chi connectivity index (χ1n) is 10.9. The summed E-state index contributed by atoms with van der Waals surface area (Å²) in [4.78, 5) is 29.8. The molecule has 0 bridgehead atoms. The van der Waals surface area contributed by atoms with E-state index in [0.717, 1.165) is 19.3 Å². The van der Waals surface area contributed by atoms with Crippen molar-refractivity contribution in [1.82, 2.24) is 29.1 Å². The first-order valence-corrected chi connectivity index (χ1v) is 11.7. The Bertz CT molecular complexity index is 1440. The molecule has 0 saturated heterocycles. The summed E-state index contributed by atoms with van der Waals surface area (Å²) < 4.78 is 3.89. The number of hydrogen-bond acceptors (Lipinski definition) is 8. The third kappa shape index (κ3) is 4.59. The summed E-state index contributed by atoms with van der Waals surface area (Å²) in [6.45, 7) is 6.75. The van der Waals surface area contributed by atoms with Crippen LogP contribution in [0, 0.1) is 0 Å². The Morgan fingerprint density at radius 3 is 2.85 bits per heavy atom. The monoisotopic (exact) mass is 528 g/mol. The number of aromatic hydroxyl groups is 1. The first-order chi connectivity index (χ1) is 16.4. The van der Waals surface area contributed by atoms with Gasteiger partial charge in [-0.2, -0.15) is 5.90 Å². The SMILES string of the molecule is C=C(CCc1nnc2n(CCCCC)c3nc(Br)[nH]c3c(=O)n12)/N=C(\ON)c1ccccc1O. The van der Waals surface area contributed by atoms with Gasteiger partial charge in [-0.1, -0.05) is 38.5 Å². The summed E-state index contributed by atoms with van der Waals surface area (Å²) in [7, 11) is 0. The lowest BCUT2D eigenvalue weighted by Gasteiger charge is -2.09. The summed E-state index contributed by atoms with van der Waals surface area (Å²) in [5, 5.41) is 18.6. The van der Waals surface area contributed by atoms with Gasteiger partial charge in [0.05, 0.1) is 5.56 Å². The Hall–Kier alpha value is -3.51. The number of aliphatic imine (C=N–C) groups is 1. The molecule has 0 amide bonds. The number of aromatic nitrogens is 6. The van der Waals surface area contributed by atoms with Gasteiger partial charge in [-0.3, -0.25) is 9.36 Å². The predicted molar refractivity (Wildman–Crippen MR) is 132 cm³/mol. The molecule has 0 saturated carbocycles. The number of aromatic amines is 1. The second kappa shape index (κ2) is 10.2. The molecule has 0 fully saturated rings. The molecule has 0 aliphatic carbocycles. The number of rotatable bonds is 9. The van der Waals surface area contributed by atoms with E-state index in [-0.39, 0.29) is 17.2 Å². The molecule has 0 aliphatic rings. The molecule has 0 atom stereocenters. The number of nitrogens with zero attached hydrogens (tertiary/aromatic N) is 6. The summed E-state index contributed by atoms with van der Waals surface area (Å²) in [6, 6.07) is 6.56. The number of unbranched alkanes of at least 4 members (excludes halogenated alkanes) is 2. The molecule has 4 rings (SSSR count). The number of allylic oxidation sites excluding steroid dienone is 1. The lowest BCUT2D eigenvalue weighted by atomic mass is 10.2. The second-order valence-electron chi connectivity index (χ2n) is 7.76. The predicted octanol–water partition coefficient (Wildman–Crippen LogP) is 3.21. The molecule has 178 valence electrons. The van der Waals surface area contributed by atoms with E-state index in [1.54, 1.807) is 18.2 Å². The standard InChI is InChI=1S/C22H25BrN8O3/c1-3-4-7-12-30-18-17(26-21(23)27-18)20(33)31-16(28-29-22(30)31)11-10-13(2)25-19(34-24)14-8-5-6-9-15(14)32/h5-6,8-9,32H,2-4,7,10-12,24H2,1H3,(H,26,27)/b25-19-. The smallest absolute Gasteiger partial charge is 0.286 e. The van der Waals surface area contributed by atoms with E-state index < -0.39 is 0 Å². The molecule has 0 unspecified atom stereocenters. The lowest BCUT2D eigenvalue weighted by molar-refractivity contribution is 0.320. The number of phenols is 1. The van der Waals surface area contributed by atoms with Crippen LogP contribution in [-0.2, 0) is 17.8 Å². The Morgan fingerprint density at radius 2 is 2.12 bits per heavy atom. The van der Waals surface area contributed by atoms with Crippen molar-refractivity contribution in [3.63, 3.8) is 0 Å². The minimum absolute atomic E-state index is 0.0127. The molecule has 4 N–H and O–H groups in total. The average Bonchev–Trinajstić information content (AvgIpc) is 3.43. The number of hydrogen-bond donors (Lipinski definition) is 3. The van der Waals surface area contributed by atoms with Crippen molar-refractivity contribution in [2.24, 2.45) is 10.9 Å². The van der Waals surface area contributed by atoms with Crippen LogP contribution in [-0.4, -0.2) is 40.1 Å². The maximum Gasteiger partial charge on any atom is 0.286 e. The van der Waals surface area contributed by atoms with Crippen LogP contribution in [0.1, 0.15) is 44.0 Å². The first kappa shape index (κ1) is 23.6. The average molecular weight is 529 g/mol. The van der Waals surface area contributed by atoms with Crippen LogP contribution in [0.5, 0.6) is 5.75 Å². The number of imidazole rings is 1. The number of nitrogens with one attached hydrogen (secondary N) is 1. The maximum absolute atomic E-state index is 13.2. The number of nitrogens with two attached hydrogens (primary N) is 1. The zero-order valence-electron chi connectivity index (χ0n) is 18.7. The van der Waals surface area contributed by atoms with Gasteiger partial charge in [0.2, 0.25) is 11.7 Å². The fourth-order valence-electron chi connectivity index (χ4n) is 3.72. The van der Waals surface area contributed by atoms with Crippen molar-refractivity contribution in [3.05, 3.63) is 63.0 Å². The van der Waals surface area contributed by atoms with Crippen molar-refractivity contribution in [3.8, 4) is 5.75 Å². The number of halogens is 1. The fourth-order valence-corrected chi connectivity index (χ4v) is 4.09. The molecule has 3 heterocycles. The highest BCUT2D eigenvalue weighted by atomic mass is 79.9. The van der Waals surface area contributed by atoms with E-state index in [0.29, 0.717) is 58.1 Å². The van der Waals surface area contributed by atoms with Gasteiger partial charge in [0.15, 0.2) is 15.9 Å². The van der Waals surface area contributed by atoms with E-state index >= 15 is 0 Å². The highest BCUT2D eigenvalue weighted by molar-refractivity contribution is 9.10. The van der Waals surface area contributed by atoms with Gasteiger partial charge in [-0.15, -0.1) is 10.2 Å². The molecule has 3 aromatic heterocycles. The zero-order chi connectivity index (χ0) is 24.2. The number of aryl methyl sites for hydroxylation is 2. The number of fused-ring (bicyclic) bond motifs is 2. The van der Waals surface area contributed by atoms with Gasteiger partial charge in [-0.05, 0) is 40.9 Å². The van der Waals surface area contributed by atoms with Gasteiger partial charge < -0.3 is 14.9 Å². The minimum Gasteiger partial charge on any atom is -0.507 e. The number of benzene rings is 1. The van der Waals surface area contributed by atoms with Gasteiger partial charge >= 0.3 is 0 Å². The third-order valence-electron chi connectivity index (χ3n) is 5.41. The van der Waals surface area contributed by atoms with Gasteiger partial charge in [0.25, 0.3) is 5.56 Å². The quantitative estimate of drug-likeness (QED) is 0.0991. The van der Waals surface area contributed by atoms with E-state index in [1.807, 2.05) is 4.57 Å². The molecule has 1 aromatic carbocycles. The summed E-state index contributed by atoms with van der Waals surface area (Å²) in [5.74, 6) is 6.31. The van der Waals surface area contributed by atoms with Crippen LogP contribution in [0.15, 0.2) is 51.1 Å². The summed E-state index contributed by atoms with van der Waals surface area (Å²) in [5.41, 5.74) is 1.44. The highest BCUT2D eigenvalue weighted by Crippen LogP contribution is 2.20. The van der Waals surface area contributed by atoms with Gasteiger partial charge in [-0.25, -0.2) is 14.4 Å². The molecule has 0 spiro atoms. The van der Waals surface area contributed by atoms with Crippen LogP contribution < -0.4 is 11.5 Å². The van der Waals surface area contributed by atoms with Crippen molar-refractivity contribution < 1.29 is 9.94 Å². The topological polar surface area (TPSA) is 149 Å². The molecule has 0 radical (unpaired) electrons. The van der Waals surface area contributed by atoms with Crippen molar-refractivity contribution in [1.29, 1.82) is 0 Å². The molecular weight excluding hydrogens is 504 g/mol. The van der Waals surface area contributed by atoms with Crippen LogP contribution in [0.2, 0.25) is 0 Å². The molecule has 0 aliphatic heterocycles. The number of phenolic OH excluding ortho intramolecular Hbond substituents is 1. The third-order valence-corrected chi connectivity index (χ3v) is 5.79. The highest BCUT2D eigenvalue weighted by Gasteiger charge is 2.19. The van der Waals surface area contributed by atoms with E-state index in [1.165, 1.54) is 10.5 Å². The molecule has 34 heavy (non-hydrogen) atoms. The summed E-state index contributed by atoms with van der Waals surface area (Å²) in [6.07, 6.45) is 3.76. The normalized spacial score (nSPS) is 12.0. The molecule has 11 nitrogen and oxygen atoms in total. The Morgan fingerprint density at radius 1 is 1.32 bits per heavy atom. The van der Waals surface area contributed by atoms with Crippen LogP contribution in [0.4, 0.5) is 0 Å². The Kier molecular flexibility index (Phi) is 7.08.